The number of hydrogen-bond acceptors (Lipinski definition) is 3. The lowest BCUT2D eigenvalue weighted by atomic mass is 10.00. The summed E-state index contributed by atoms with van der Waals surface area (Å²) < 4.78 is 11.2. The first-order valence-electron chi connectivity index (χ1n) is 6.85. The molecule has 0 fully saturated rings. The zero-order valence-electron chi connectivity index (χ0n) is 12.1. The van der Waals surface area contributed by atoms with Crippen LogP contribution in [0.1, 0.15) is 19.4 Å². The molecule has 2 rings (SSSR count). The number of phenols is 1. The van der Waals surface area contributed by atoms with Crippen LogP contribution in [0.4, 0.5) is 0 Å². The zero-order chi connectivity index (χ0) is 14.5. The van der Waals surface area contributed by atoms with Gasteiger partial charge in [0.2, 0.25) is 0 Å². The minimum absolute atomic E-state index is 0.280. The highest BCUT2D eigenvalue weighted by molar-refractivity contribution is 5.70. The fraction of sp³-hybridized carbons (Fsp3) is 0.294. The van der Waals surface area contributed by atoms with Gasteiger partial charge in [0.25, 0.3) is 0 Å². The van der Waals surface area contributed by atoms with Gasteiger partial charge in [0.05, 0.1) is 13.2 Å². The number of hydrogen-bond donors (Lipinski definition) is 1. The van der Waals surface area contributed by atoms with Crippen molar-refractivity contribution < 1.29 is 14.6 Å². The van der Waals surface area contributed by atoms with Crippen LogP contribution in [-0.2, 0) is 0 Å². The summed E-state index contributed by atoms with van der Waals surface area (Å²) >= 11 is 0. The maximum atomic E-state index is 9.49. The Morgan fingerprint density at radius 1 is 0.900 bits per heavy atom. The van der Waals surface area contributed by atoms with E-state index in [-0.39, 0.29) is 5.75 Å². The maximum Gasteiger partial charge on any atom is 0.161 e. The molecule has 0 unspecified atom stereocenters. The summed E-state index contributed by atoms with van der Waals surface area (Å²) in [6, 6.07) is 11.3. The number of benzene rings is 2. The van der Waals surface area contributed by atoms with Crippen molar-refractivity contribution in [3.05, 3.63) is 42.0 Å². The lowest BCUT2D eigenvalue weighted by Gasteiger charge is -2.13. The minimum Gasteiger partial charge on any atom is -0.508 e. The number of aryl methyl sites for hydroxylation is 1. The molecule has 0 spiro atoms. The Balaban J connectivity index is 2.44. The monoisotopic (exact) mass is 272 g/mol. The number of aromatic hydroxyl groups is 1. The normalized spacial score (nSPS) is 10.3. The molecule has 2 aromatic rings. The van der Waals surface area contributed by atoms with E-state index < -0.39 is 0 Å². The molecule has 0 atom stereocenters. The molecular formula is C17H20O3. The third-order valence-corrected chi connectivity index (χ3v) is 3.06. The molecule has 0 amide bonds. The molecule has 106 valence electrons. The van der Waals surface area contributed by atoms with E-state index in [1.54, 1.807) is 12.1 Å². The van der Waals surface area contributed by atoms with E-state index in [4.69, 9.17) is 9.47 Å². The molecule has 2 aromatic carbocycles. The first-order valence-corrected chi connectivity index (χ1v) is 6.85. The fourth-order valence-corrected chi connectivity index (χ4v) is 2.19. The number of rotatable bonds is 5. The van der Waals surface area contributed by atoms with E-state index in [1.165, 1.54) is 0 Å². The van der Waals surface area contributed by atoms with E-state index >= 15 is 0 Å². The Morgan fingerprint density at radius 2 is 1.60 bits per heavy atom. The molecule has 1 N–H and O–H groups in total. The van der Waals surface area contributed by atoms with E-state index in [0.717, 1.165) is 28.2 Å². The van der Waals surface area contributed by atoms with E-state index in [0.29, 0.717) is 13.2 Å². The Labute approximate surface area is 119 Å². The predicted molar refractivity (Wildman–Crippen MR) is 80.6 cm³/mol. The van der Waals surface area contributed by atoms with Gasteiger partial charge in [-0.15, -0.1) is 0 Å². The molecule has 20 heavy (non-hydrogen) atoms. The first kappa shape index (κ1) is 14.3. The summed E-state index contributed by atoms with van der Waals surface area (Å²) in [6.45, 7) is 7.09. The third kappa shape index (κ3) is 3.05. The van der Waals surface area contributed by atoms with Gasteiger partial charge < -0.3 is 14.6 Å². The van der Waals surface area contributed by atoms with Crippen molar-refractivity contribution in [2.75, 3.05) is 13.2 Å². The Bertz CT molecular complexity index is 591. The fourth-order valence-electron chi connectivity index (χ4n) is 2.19. The van der Waals surface area contributed by atoms with Gasteiger partial charge in [-0.25, -0.2) is 0 Å². The van der Waals surface area contributed by atoms with Crippen molar-refractivity contribution in [3.63, 3.8) is 0 Å². The standard InChI is InChI=1S/C17H20O3/c1-4-19-16-9-6-13(11-17(16)20-5-2)15-8-7-14(18)10-12(15)3/h6-11,18H,4-5H2,1-3H3. The third-order valence-electron chi connectivity index (χ3n) is 3.06. The van der Waals surface area contributed by atoms with Crippen molar-refractivity contribution in [1.82, 2.24) is 0 Å². The lowest BCUT2D eigenvalue weighted by molar-refractivity contribution is 0.288. The van der Waals surface area contributed by atoms with Crippen LogP contribution >= 0.6 is 0 Å². The van der Waals surface area contributed by atoms with Crippen LogP contribution in [0.15, 0.2) is 36.4 Å². The van der Waals surface area contributed by atoms with Crippen molar-refractivity contribution >= 4 is 0 Å². The Morgan fingerprint density at radius 3 is 2.25 bits per heavy atom. The molecule has 0 heterocycles. The molecule has 3 heteroatoms. The van der Waals surface area contributed by atoms with E-state index in [9.17, 15) is 5.11 Å². The molecule has 0 aliphatic heterocycles. The van der Waals surface area contributed by atoms with Crippen molar-refractivity contribution in [2.24, 2.45) is 0 Å². The van der Waals surface area contributed by atoms with Crippen LogP contribution in [0, 0.1) is 6.92 Å². The molecular weight excluding hydrogens is 252 g/mol. The van der Waals surface area contributed by atoms with Gasteiger partial charge in [0, 0.05) is 0 Å². The summed E-state index contributed by atoms with van der Waals surface area (Å²) in [5, 5.41) is 9.49. The van der Waals surface area contributed by atoms with E-state index in [2.05, 4.69) is 0 Å². The van der Waals surface area contributed by atoms with Crippen molar-refractivity contribution in [3.8, 4) is 28.4 Å². The minimum atomic E-state index is 0.280. The molecule has 0 saturated heterocycles. The number of phenolic OH excluding ortho intramolecular Hbond substituents is 1. The smallest absolute Gasteiger partial charge is 0.161 e. The highest BCUT2D eigenvalue weighted by atomic mass is 16.5. The van der Waals surface area contributed by atoms with Crippen molar-refractivity contribution in [1.29, 1.82) is 0 Å². The molecule has 0 radical (unpaired) electrons. The summed E-state index contributed by atoms with van der Waals surface area (Å²) in [5.74, 6) is 1.79. The van der Waals surface area contributed by atoms with Crippen LogP contribution in [-0.4, -0.2) is 18.3 Å². The zero-order valence-corrected chi connectivity index (χ0v) is 12.1. The summed E-state index contributed by atoms with van der Waals surface area (Å²) in [7, 11) is 0. The van der Waals surface area contributed by atoms with Gasteiger partial charge in [0.15, 0.2) is 11.5 Å². The van der Waals surface area contributed by atoms with Crippen molar-refractivity contribution in [2.45, 2.75) is 20.8 Å². The van der Waals surface area contributed by atoms with Crippen LogP contribution in [0.25, 0.3) is 11.1 Å². The largest absolute Gasteiger partial charge is 0.508 e. The average molecular weight is 272 g/mol. The highest BCUT2D eigenvalue weighted by Crippen LogP contribution is 2.34. The average Bonchev–Trinajstić information content (AvgIpc) is 2.41. The van der Waals surface area contributed by atoms with Gasteiger partial charge in [-0.2, -0.15) is 0 Å². The van der Waals surface area contributed by atoms with Crippen LogP contribution in [0.3, 0.4) is 0 Å². The maximum absolute atomic E-state index is 9.49. The molecule has 0 saturated carbocycles. The second-order valence-electron chi connectivity index (χ2n) is 4.53. The summed E-state index contributed by atoms with van der Waals surface area (Å²) in [5.41, 5.74) is 3.15. The SMILES string of the molecule is CCOc1ccc(-c2ccc(O)cc2C)cc1OCC. The molecule has 3 nitrogen and oxygen atoms in total. The number of ether oxygens (including phenoxy) is 2. The molecule has 0 bridgehead atoms. The van der Waals surface area contributed by atoms with E-state index in [1.807, 2.05) is 45.0 Å². The van der Waals surface area contributed by atoms with Gasteiger partial charge in [-0.3, -0.25) is 0 Å². The van der Waals surface area contributed by atoms with Gasteiger partial charge in [-0.05, 0) is 61.7 Å². The van der Waals surface area contributed by atoms with Crippen LogP contribution < -0.4 is 9.47 Å². The van der Waals surface area contributed by atoms with Crippen LogP contribution in [0.2, 0.25) is 0 Å². The second-order valence-corrected chi connectivity index (χ2v) is 4.53. The highest BCUT2D eigenvalue weighted by Gasteiger charge is 2.09. The molecule has 0 aliphatic carbocycles. The van der Waals surface area contributed by atoms with Crippen LogP contribution in [0.5, 0.6) is 17.2 Å². The second kappa shape index (κ2) is 6.33. The molecule has 0 aromatic heterocycles. The Kier molecular flexibility index (Phi) is 4.51. The predicted octanol–water partition coefficient (Wildman–Crippen LogP) is 4.17. The van der Waals surface area contributed by atoms with Gasteiger partial charge in [-0.1, -0.05) is 12.1 Å². The lowest BCUT2D eigenvalue weighted by Crippen LogP contribution is -1.98. The summed E-state index contributed by atoms with van der Waals surface area (Å²) in [6.07, 6.45) is 0. The first-order chi connectivity index (χ1) is 9.65. The quantitative estimate of drug-likeness (QED) is 0.888. The van der Waals surface area contributed by atoms with Gasteiger partial charge >= 0.3 is 0 Å². The summed E-state index contributed by atoms with van der Waals surface area (Å²) in [4.78, 5) is 0. The Hall–Kier alpha value is -2.16. The molecule has 0 aliphatic rings. The van der Waals surface area contributed by atoms with Gasteiger partial charge in [0.1, 0.15) is 5.75 Å². The topological polar surface area (TPSA) is 38.7 Å².